The van der Waals surface area contributed by atoms with Gasteiger partial charge in [0.25, 0.3) is 0 Å². The molecule has 0 fully saturated rings. The summed E-state index contributed by atoms with van der Waals surface area (Å²) < 4.78 is 2.70. The van der Waals surface area contributed by atoms with E-state index in [4.69, 9.17) is 0 Å². The molecule has 0 unspecified atom stereocenters. The summed E-state index contributed by atoms with van der Waals surface area (Å²) in [4.78, 5) is 2.66. The lowest BCUT2D eigenvalue weighted by atomic mass is 9.43. The molecule has 7 aromatic carbocycles. The number of hydrogen-bond donors (Lipinski definition) is 0. The lowest BCUT2D eigenvalue weighted by molar-refractivity contribution is 0.590. The van der Waals surface area contributed by atoms with E-state index in [1.165, 1.54) is 99.5 Å². The summed E-state index contributed by atoms with van der Waals surface area (Å²) in [5.74, 6) is 0. The average molecular weight is 641 g/mol. The molecule has 1 aromatic heterocycles. The third-order valence-electron chi connectivity index (χ3n) is 12.0. The van der Waals surface area contributed by atoms with Gasteiger partial charge in [-0.15, -0.1) is 0 Å². The highest BCUT2D eigenvalue weighted by atomic mass is 15.1. The summed E-state index contributed by atoms with van der Waals surface area (Å²) in [6.45, 7) is 11.7. The van der Waals surface area contributed by atoms with Crippen LogP contribution in [0.25, 0.3) is 60.4 Å². The third kappa shape index (κ3) is 3.45. The van der Waals surface area contributed by atoms with Gasteiger partial charge in [-0.05, 0) is 85.1 Å². The maximum Gasteiger partial charge on any atom is 0.333 e. The summed E-state index contributed by atoms with van der Waals surface area (Å²) in [5.41, 5.74) is 17.4. The maximum absolute atomic E-state index is 2.70. The van der Waals surface area contributed by atoms with E-state index in [1.54, 1.807) is 0 Å². The molecule has 3 aliphatic rings. The number of anilines is 2. The summed E-state index contributed by atoms with van der Waals surface area (Å²) in [7, 11) is 0. The number of nitrogens with zero attached hydrogens (tertiary/aromatic N) is 2. The van der Waals surface area contributed by atoms with Crippen LogP contribution in [0.5, 0.6) is 0 Å². The second-order valence-electron chi connectivity index (χ2n) is 16.2. The minimum atomic E-state index is -0.163. The Morgan fingerprint density at radius 3 is 2.04 bits per heavy atom. The molecule has 11 rings (SSSR count). The molecule has 3 heterocycles. The molecule has 0 amide bonds. The van der Waals surface area contributed by atoms with Crippen molar-refractivity contribution < 1.29 is 0 Å². The SMILES string of the molecule is CC(C)(C)c1ccc(N2B3c4c(cc5ccccc5c4-n4c5c(c6cccc3c64)-c3ccccc3C5(C)C)-c3cc4ccccc4cc32)cc1. The van der Waals surface area contributed by atoms with Crippen LogP contribution in [0.1, 0.15) is 51.4 Å². The van der Waals surface area contributed by atoms with E-state index in [9.17, 15) is 0 Å². The van der Waals surface area contributed by atoms with Gasteiger partial charge in [0.15, 0.2) is 0 Å². The molecule has 0 bridgehead atoms. The van der Waals surface area contributed by atoms with E-state index in [2.05, 4.69) is 177 Å². The van der Waals surface area contributed by atoms with Crippen molar-refractivity contribution in [3.63, 3.8) is 0 Å². The van der Waals surface area contributed by atoms with Crippen molar-refractivity contribution in [2.45, 2.75) is 45.4 Å². The van der Waals surface area contributed by atoms with Crippen molar-refractivity contribution in [1.29, 1.82) is 0 Å². The molecular formula is C47H37BN2. The predicted octanol–water partition coefficient (Wildman–Crippen LogP) is 10.8. The minimum Gasteiger partial charge on any atom is -0.376 e. The van der Waals surface area contributed by atoms with Gasteiger partial charge >= 0.3 is 6.85 Å². The topological polar surface area (TPSA) is 8.17 Å². The molecule has 8 aromatic rings. The van der Waals surface area contributed by atoms with Gasteiger partial charge in [0, 0.05) is 44.4 Å². The molecule has 0 atom stereocenters. The molecule has 2 nitrogen and oxygen atoms in total. The van der Waals surface area contributed by atoms with Gasteiger partial charge in [-0.3, -0.25) is 0 Å². The molecule has 0 saturated heterocycles. The number of rotatable bonds is 1. The average Bonchev–Trinajstić information content (AvgIpc) is 3.60. The van der Waals surface area contributed by atoms with Gasteiger partial charge in [-0.2, -0.15) is 0 Å². The number of hydrogen-bond acceptors (Lipinski definition) is 1. The monoisotopic (exact) mass is 640 g/mol. The van der Waals surface area contributed by atoms with Crippen LogP contribution in [-0.2, 0) is 10.8 Å². The molecule has 0 spiro atoms. The van der Waals surface area contributed by atoms with Crippen LogP contribution in [0.2, 0.25) is 0 Å². The fourth-order valence-corrected chi connectivity index (χ4v) is 9.75. The Hall–Kier alpha value is -5.54. The highest BCUT2D eigenvalue weighted by Gasteiger charge is 2.48. The van der Waals surface area contributed by atoms with Crippen molar-refractivity contribution in [3.05, 3.63) is 150 Å². The van der Waals surface area contributed by atoms with Crippen LogP contribution in [0.3, 0.4) is 0 Å². The van der Waals surface area contributed by atoms with Gasteiger partial charge in [-0.1, -0.05) is 138 Å². The Bertz CT molecular complexity index is 2780. The Kier molecular flexibility index (Phi) is 5.31. The van der Waals surface area contributed by atoms with Crippen LogP contribution in [0.15, 0.2) is 133 Å². The van der Waals surface area contributed by atoms with E-state index in [0.717, 1.165) is 0 Å². The van der Waals surface area contributed by atoms with Crippen molar-refractivity contribution in [3.8, 4) is 27.9 Å². The van der Waals surface area contributed by atoms with E-state index in [1.807, 2.05) is 0 Å². The molecule has 50 heavy (non-hydrogen) atoms. The second kappa shape index (κ2) is 9.37. The third-order valence-corrected chi connectivity index (χ3v) is 12.0. The summed E-state index contributed by atoms with van der Waals surface area (Å²) in [5, 5.41) is 6.48. The van der Waals surface area contributed by atoms with Crippen molar-refractivity contribution >= 4 is 61.6 Å². The Morgan fingerprint density at radius 2 is 1.26 bits per heavy atom. The maximum atomic E-state index is 2.70. The smallest absolute Gasteiger partial charge is 0.333 e. The van der Waals surface area contributed by atoms with Gasteiger partial charge in [0.1, 0.15) is 0 Å². The molecule has 0 N–H and O–H groups in total. The summed E-state index contributed by atoms with van der Waals surface area (Å²) in [6, 6.07) is 50.8. The Labute approximate surface area is 293 Å². The highest BCUT2D eigenvalue weighted by Crippen LogP contribution is 2.55. The predicted molar refractivity (Wildman–Crippen MR) is 214 cm³/mol. The van der Waals surface area contributed by atoms with Crippen molar-refractivity contribution in [2.24, 2.45) is 0 Å². The zero-order valence-corrected chi connectivity index (χ0v) is 29.2. The molecular weight excluding hydrogens is 603 g/mol. The molecule has 1 aliphatic carbocycles. The number of benzene rings is 7. The number of aromatic nitrogens is 1. The molecule has 0 radical (unpaired) electrons. The van der Waals surface area contributed by atoms with Crippen molar-refractivity contribution in [2.75, 3.05) is 4.81 Å². The Balaban J connectivity index is 1.34. The standard InChI is InChI=1S/C47H37BN2/c1-46(2,3)31-21-23-32(24-22-31)50-40-27-29-14-7-6-13-28(29)25-36(40)37-26-30-15-8-9-16-33(30)44-42(37)48(50)39-20-12-18-35-41-34-17-10-11-19-38(34)47(4,5)45(41)49(44)43(35)39/h6-27H,1-5H3. The van der Waals surface area contributed by atoms with Gasteiger partial charge < -0.3 is 9.38 Å². The Morgan fingerprint density at radius 1 is 0.600 bits per heavy atom. The van der Waals surface area contributed by atoms with E-state index in [-0.39, 0.29) is 17.7 Å². The lowest BCUT2D eigenvalue weighted by Crippen LogP contribution is -2.60. The largest absolute Gasteiger partial charge is 0.376 e. The minimum absolute atomic E-state index is 0.00309. The normalized spacial score (nSPS) is 15.0. The first-order chi connectivity index (χ1) is 24.2. The first kappa shape index (κ1) is 28.3. The zero-order chi connectivity index (χ0) is 33.7. The van der Waals surface area contributed by atoms with Crippen LogP contribution < -0.4 is 15.7 Å². The number of para-hydroxylation sites is 1. The van der Waals surface area contributed by atoms with Crippen LogP contribution >= 0.6 is 0 Å². The number of fused-ring (bicyclic) bond motifs is 12. The lowest BCUT2D eigenvalue weighted by Gasteiger charge is -2.43. The van der Waals surface area contributed by atoms with Crippen LogP contribution in [-0.4, -0.2) is 11.4 Å². The fraction of sp³-hybridized carbons (Fsp3) is 0.149. The van der Waals surface area contributed by atoms with Gasteiger partial charge in [0.2, 0.25) is 0 Å². The molecule has 238 valence electrons. The summed E-state index contributed by atoms with van der Waals surface area (Å²) in [6.07, 6.45) is 0. The molecule has 2 aliphatic heterocycles. The highest BCUT2D eigenvalue weighted by molar-refractivity contribution is 6.93. The van der Waals surface area contributed by atoms with E-state index < -0.39 is 0 Å². The van der Waals surface area contributed by atoms with Gasteiger partial charge in [0.05, 0.1) is 11.2 Å². The van der Waals surface area contributed by atoms with Gasteiger partial charge in [-0.25, -0.2) is 0 Å². The second-order valence-corrected chi connectivity index (χ2v) is 16.2. The van der Waals surface area contributed by atoms with Crippen molar-refractivity contribution in [1.82, 2.24) is 4.57 Å². The fourth-order valence-electron chi connectivity index (χ4n) is 9.75. The van der Waals surface area contributed by atoms with E-state index in [0.29, 0.717) is 0 Å². The van der Waals surface area contributed by atoms with E-state index >= 15 is 0 Å². The van der Waals surface area contributed by atoms with Crippen LogP contribution in [0, 0.1) is 0 Å². The first-order valence-corrected chi connectivity index (χ1v) is 18.0. The molecule has 3 heteroatoms. The summed E-state index contributed by atoms with van der Waals surface area (Å²) >= 11 is 0. The molecule has 0 saturated carbocycles. The quantitative estimate of drug-likeness (QED) is 0.162. The first-order valence-electron chi connectivity index (χ1n) is 18.0. The zero-order valence-electron chi connectivity index (χ0n) is 29.2. The van der Waals surface area contributed by atoms with Crippen LogP contribution in [0.4, 0.5) is 11.4 Å².